The summed E-state index contributed by atoms with van der Waals surface area (Å²) in [4.78, 5) is 12.9. The number of carbonyl (C=O) groups is 1. The smallest absolute Gasteiger partial charge is 0.162 e. The van der Waals surface area contributed by atoms with Crippen LogP contribution in [-0.2, 0) is 43.6 Å². The number of carbonyl (C=O) groups excluding carboxylic acids is 1. The van der Waals surface area contributed by atoms with Gasteiger partial charge in [-0.3, -0.25) is 4.79 Å². The standard InChI is InChI=1S/C38H46O7/c1-28(43-26-29-10-7-6-8-11-29)36(44-27-31-14-18-34(41-5)19-15-31)24-35-22-32(39)23-37(45-35)38(2,3)20-9-21-42-25-30-12-16-33(40-4)17-13-30/h6-20,23,28,35-36H,21-22,24-27H2,1-5H3/b20-9+/t28-,35-,36-/m0/s1. The van der Waals surface area contributed by atoms with E-state index in [1.54, 1.807) is 20.3 Å². The highest BCUT2D eigenvalue weighted by Gasteiger charge is 2.33. The van der Waals surface area contributed by atoms with Gasteiger partial charge in [0.25, 0.3) is 0 Å². The van der Waals surface area contributed by atoms with Crippen molar-refractivity contribution in [1.29, 1.82) is 0 Å². The molecule has 0 saturated carbocycles. The van der Waals surface area contributed by atoms with Gasteiger partial charge in [0.2, 0.25) is 0 Å². The Bertz CT molecular complexity index is 1380. The van der Waals surface area contributed by atoms with Gasteiger partial charge in [0, 0.05) is 24.3 Å². The summed E-state index contributed by atoms with van der Waals surface area (Å²) >= 11 is 0. The summed E-state index contributed by atoms with van der Waals surface area (Å²) in [6, 6.07) is 25.7. The van der Waals surface area contributed by atoms with Crippen LogP contribution in [0.5, 0.6) is 11.5 Å². The topological polar surface area (TPSA) is 72.5 Å². The van der Waals surface area contributed by atoms with Crippen molar-refractivity contribution >= 4 is 5.78 Å². The van der Waals surface area contributed by atoms with Crippen LogP contribution in [-0.4, -0.2) is 44.9 Å². The number of ether oxygens (including phenoxy) is 6. The minimum atomic E-state index is -0.493. The first-order chi connectivity index (χ1) is 21.8. The van der Waals surface area contributed by atoms with Crippen LogP contribution in [0, 0.1) is 5.41 Å². The van der Waals surface area contributed by atoms with Crippen LogP contribution < -0.4 is 9.47 Å². The van der Waals surface area contributed by atoms with Gasteiger partial charge in [0.15, 0.2) is 5.78 Å². The number of rotatable bonds is 17. The Hall–Kier alpha value is -3.91. The lowest BCUT2D eigenvalue weighted by molar-refractivity contribution is -0.123. The molecule has 0 unspecified atom stereocenters. The first-order valence-electron chi connectivity index (χ1n) is 15.5. The van der Waals surface area contributed by atoms with Crippen LogP contribution in [0.15, 0.2) is 103 Å². The first kappa shape index (κ1) is 34.0. The number of allylic oxidation sites excluding steroid dienone is 2. The predicted octanol–water partition coefficient (Wildman–Crippen LogP) is 7.63. The molecular weight excluding hydrogens is 568 g/mol. The zero-order valence-electron chi connectivity index (χ0n) is 27.1. The third-order valence-corrected chi connectivity index (χ3v) is 7.82. The van der Waals surface area contributed by atoms with Crippen LogP contribution in [0.1, 0.15) is 50.3 Å². The molecule has 0 spiro atoms. The van der Waals surface area contributed by atoms with Crippen LogP contribution >= 0.6 is 0 Å². The lowest BCUT2D eigenvalue weighted by Crippen LogP contribution is -2.36. The Morgan fingerprint density at radius 3 is 2.02 bits per heavy atom. The molecule has 240 valence electrons. The lowest BCUT2D eigenvalue weighted by atomic mass is 9.87. The highest BCUT2D eigenvalue weighted by molar-refractivity contribution is 5.91. The molecule has 0 aromatic heterocycles. The van der Waals surface area contributed by atoms with E-state index in [9.17, 15) is 4.79 Å². The average molecular weight is 615 g/mol. The number of hydrogen-bond acceptors (Lipinski definition) is 7. The molecule has 0 saturated heterocycles. The fourth-order valence-electron chi connectivity index (χ4n) is 5.03. The van der Waals surface area contributed by atoms with Crippen molar-refractivity contribution in [3.63, 3.8) is 0 Å². The van der Waals surface area contributed by atoms with Gasteiger partial charge >= 0.3 is 0 Å². The number of methoxy groups -OCH3 is 2. The predicted molar refractivity (Wildman–Crippen MR) is 175 cm³/mol. The second kappa shape index (κ2) is 17.0. The van der Waals surface area contributed by atoms with Gasteiger partial charge < -0.3 is 28.4 Å². The average Bonchev–Trinajstić information content (AvgIpc) is 3.06. The Morgan fingerprint density at radius 1 is 0.822 bits per heavy atom. The molecule has 0 N–H and O–H groups in total. The minimum absolute atomic E-state index is 0.0465. The summed E-state index contributed by atoms with van der Waals surface area (Å²) in [5.41, 5.74) is 2.69. The zero-order valence-corrected chi connectivity index (χ0v) is 27.1. The molecule has 7 heteroatoms. The molecule has 1 aliphatic rings. The van der Waals surface area contributed by atoms with Crippen LogP contribution in [0.3, 0.4) is 0 Å². The van der Waals surface area contributed by atoms with E-state index in [4.69, 9.17) is 28.4 Å². The Balaban J connectivity index is 1.36. The van der Waals surface area contributed by atoms with Crippen molar-refractivity contribution in [2.45, 2.75) is 71.7 Å². The molecule has 1 aliphatic heterocycles. The second-order valence-electron chi connectivity index (χ2n) is 11.8. The molecule has 0 aliphatic carbocycles. The zero-order chi connectivity index (χ0) is 32.1. The minimum Gasteiger partial charge on any atom is -0.497 e. The van der Waals surface area contributed by atoms with Crippen LogP contribution in [0.25, 0.3) is 0 Å². The molecule has 4 rings (SSSR count). The first-order valence-corrected chi connectivity index (χ1v) is 15.5. The van der Waals surface area contributed by atoms with Gasteiger partial charge in [-0.25, -0.2) is 0 Å². The van der Waals surface area contributed by atoms with Gasteiger partial charge in [-0.15, -0.1) is 0 Å². The van der Waals surface area contributed by atoms with E-state index in [1.165, 1.54) is 0 Å². The van der Waals surface area contributed by atoms with Gasteiger partial charge in [-0.1, -0.05) is 66.7 Å². The largest absolute Gasteiger partial charge is 0.497 e. The third kappa shape index (κ3) is 10.9. The SMILES string of the molecule is COc1ccc(COC/C=C/C(C)(C)C2=CC(=O)C[C@@H](C[C@H](OCc3ccc(OC)cc3)[C@H](C)OCc3ccccc3)O2)cc1. The molecule has 0 fully saturated rings. The van der Waals surface area contributed by atoms with E-state index in [2.05, 4.69) is 0 Å². The fourth-order valence-corrected chi connectivity index (χ4v) is 5.03. The number of hydrogen-bond donors (Lipinski definition) is 0. The van der Waals surface area contributed by atoms with Crippen LogP contribution in [0.2, 0.25) is 0 Å². The lowest BCUT2D eigenvalue weighted by Gasteiger charge is -2.34. The Kier molecular flexibility index (Phi) is 12.8. The van der Waals surface area contributed by atoms with Crippen molar-refractivity contribution in [2.24, 2.45) is 5.41 Å². The molecule has 1 heterocycles. The van der Waals surface area contributed by atoms with Gasteiger partial charge in [0.1, 0.15) is 23.4 Å². The Morgan fingerprint density at radius 2 is 1.40 bits per heavy atom. The van der Waals surface area contributed by atoms with Crippen molar-refractivity contribution < 1.29 is 33.2 Å². The van der Waals surface area contributed by atoms with Gasteiger partial charge in [-0.05, 0) is 61.7 Å². The monoisotopic (exact) mass is 614 g/mol. The van der Waals surface area contributed by atoms with E-state index in [-0.39, 0.29) is 24.1 Å². The van der Waals surface area contributed by atoms with Crippen molar-refractivity contribution in [1.82, 2.24) is 0 Å². The maximum atomic E-state index is 12.9. The Labute approximate surface area is 267 Å². The number of benzene rings is 3. The van der Waals surface area contributed by atoms with Gasteiger partial charge in [0.05, 0.1) is 52.9 Å². The van der Waals surface area contributed by atoms with E-state index in [1.807, 2.05) is 112 Å². The molecule has 3 atom stereocenters. The summed E-state index contributed by atoms with van der Waals surface area (Å²) in [6.07, 6.45) is 5.59. The quantitative estimate of drug-likeness (QED) is 0.114. The molecular formula is C38H46O7. The van der Waals surface area contributed by atoms with Crippen molar-refractivity contribution in [2.75, 3.05) is 20.8 Å². The normalized spacial score (nSPS) is 16.6. The van der Waals surface area contributed by atoms with Crippen LogP contribution in [0.4, 0.5) is 0 Å². The molecule has 7 nitrogen and oxygen atoms in total. The summed E-state index contributed by atoms with van der Waals surface area (Å²) in [5.74, 6) is 2.30. The summed E-state index contributed by atoms with van der Waals surface area (Å²) in [7, 11) is 3.30. The highest BCUT2D eigenvalue weighted by atomic mass is 16.5. The maximum absolute atomic E-state index is 12.9. The van der Waals surface area contributed by atoms with Crippen molar-refractivity contribution in [3.8, 4) is 11.5 Å². The summed E-state index contributed by atoms with van der Waals surface area (Å²) in [6.45, 7) is 7.91. The third-order valence-electron chi connectivity index (χ3n) is 7.82. The molecule has 3 aromatic carbocycles. The molecule has 0 bridgehead atoms. The maximum Gasteiger partial charge on any atom is 0.162 e. The molecule has 0 amide bonds. The molecule has 45 heavy (non-hydrogen) atoms. The number of ketones is 1. The highest BCUT2D eigenvalue weighted by Crippen LogP contribution is 2.35. The van der Waals surface area contributed by atoms with Gasteiger partial charge in [-0.2, -0.15) is 0 Å². The van der Waals surface area contributed by atoms with Crippen molar-refractivity contribution in [3.05, 3.63) is 120 Å². The summed E-state index contributed by atoms with van der Waals surface area (Å²) in [5, 5.41) is 0. The second-order valence-corrected chi connectivity index (χ2v) is 11.8. The fraction of sp³-hybridized carbons (Fsp3) is 0.395. The van der Waals surface area contributed by atoms with E-state index < -0.39 is 5.41 Å². The van der Waals surface area contributed by atoms with E-state index >= 15 is 0 Å². The summed E-state index contributed by atoms with van der Waals surface area (Å²) < 4.78 is 35.5. The molecule has 3 aromatic rings. The van der Waals surface area contributed by atoms with E-state index in [0.29, 0.717) is 45.0 Å². The molecule has 0 radical (unpaired) electrons. The van der Waals surface area contributed by atoms with E-state index in [0.717, 1.165) is 28.2 Å².